The van der Waals surface area contributed by atoms with Crippen LogP contribution in [0, 0.1) is 0 Å². The Kier molecular flexibility index (Phi) is 4.23. The van der Waals surface area contributed by atoms with E-state index in [4.69, 9.17) is 19.3 Å². The molecule has 0 spiro atoms. The normalized spacial score (nSPS) is 9.93. The second-order valence-electron chi connectivity index (χ2n) is 2.78. The second kappa shape index (κ2) is 5.23. The molecule has 0 aliphatic rings. The van der Waals surface area contributed by atoms with E-state index in [1.54, 1.807) is 6.07 Å². The number of halogens is 1. The topological polar surface area (TPSA) is 47.9 Å². The maximum absolute atomic E-state index is 9.14. The summed E-state index contributed by atoms with van der Waals surface area (Å²) in [6.07, 6.45) is 0. The summed E-state index contributed by atoms with van der Waals surface area (Å²) in [6.45, 7) is -0.0999. The first kappa shape index (κ1) is 12.1. The van der Waals surface area contributed by atoms with E-state index < -0.39 is 0 Å². The molecule has 0 saturated heterocycles. The largest absolute Gasteiger partial charge is 0.493 e. The first-order valence-corrected chi connectivity index (χ1v) is 5.07. The Bertz CT molecular complexity index is 352. The van der Waals surface area contributed by atoms with Gasteiger partial charge in [-0.2, -0.15) is 0 Å². The Morgan fingerprint density at radius 2 is 1.73 bits per heavy atom. The minimum atomic E-state index is -0.0999. The van der Waals surface area contributed by atoms with Crippen molar-refractivity contribution in [3.63, 3.8) is 0 Å². The molecule has 0 radical (unpaired) electrons. The average molecular weight is 277 g/mol. The summed E-state index contributed by atoms with van der Waals surface area (Å²) in [5.41, 5.74) is 0.685. The Balaban J connectivity index is 3.43. The summed E-state index contributed by atoms with van der Waals surface area (Å²) < 4.78 is 16.2. The first-order valence-electron chi connectivity index (χ1n) is 4.27. The molecule has 0 unspecified atom stereocenters. The van der Waals surface area contributed by atoms with Crippen LogP contribution in [0.15, 0.2) is 10.5 Å². The molecule has 5 heteroatoms. The Morgan fingerprint density at radius 1 is 1.13 bits per heavy atom. The molecule has 0 fully saturated rings. The Labute approximate surface area is 96.9 Å². The Morgan fingerprint density at radius 3 is 2.13 bits per heavy atom. The monoisotopic (exact) mass is 276 g/mol. The van der Waals surface area contributed by atoms with Crippen molar-refractivity contribution >= 4 is 15.9 Å². The van der Waals surface area contributed by atoms with Crippen LogP contribution in [0.2, 0.25) is 0 Å². The Hall–Kier alpha value is -0.940. The summed E-state index contributed by atoms with van der Waals surface area (Å²) in [5.74, 6) is 1.55. The number of hydrogen-bond acceptors (Lipinski definition) is 4. The van der Waals surface area contributed by atoms with Crippen LogP contribution >= 0.6 is 15.9 Å². The molecule has 4 nitrogen and oxygen atoms in total. The number of rotatable bonds is 4. The lowest BCUT2D eigenvalue weighted by Gasteiger charge is -2.15. The predicted octanol–water partition coefficient (Wildman–Crippen LogP) is 1.97. The molecule has 0 aliphatic heterocycles. The van der Waals surface area contributed by atoms with E-state index in [0.717, 1.165) is 0 Å². The van der Waals surface area contributed by atoms with E-state index in [1.165, 1.54) is 21.3 Å². The lowest BCUT2D eigenvalue weighted by Crippen LogP contribution is -1.98. The minimum Gasteiger partial charge on any atom is -0.493 e. The molecule has 15 heavy (non-hydrogen) atoms. The molecular formula is C10H13BrO4. The summed E-state index contributed by atoms with van der Waals surface area (Å²) in [5, 5.41) is 9.14. The highest BCUT2D eigenvalue weighted by atomic mass is 79.9. The van der Waals surface area contributed by atoms with Crippen molar-refractivity contribution in [3.05, 3.63) is 16.1 Å². The molecule has 1 aromatic carbocycles. The number of aliphatic hydroxyl groups excluding tert-OH is 1. The molecule has 84 valence electrons. The van der Waals surface area contributed by atoms with Crippen molar-refractivity contribution in [1.29, 1.82) is 0 Å². The van der Waals surface area contributed by atoms with Crippen molar-refractivity contribution in [2.75, 3.05) is 21.3 Å². The summed E-state index contributed by atoms with van der Waals surface area (Å²) in [6, 6.07) is 1.70. The van der Waals surface area contributed by atoms with Crippen molar-refractivity contribution in [2.45, 2.75) is 6.61 Å². The third kappa shape index (κ3) is 2.18. The lowest BCUT2D eigenvalue weighted by atomic mass is 10.2. The summed E-state index contributed by atoms with van der Waals surface area (Å²) in [4.78, 5) is 0. The van der Waals surface area contributed by atoms with Crippen LogP contribution in [-0.4, -0.2) is 26.4 Å². The maximum atomic E-state index is 9.14. The maximum Gasteiger partial charge on any atom is 0.204 e. The number of aliphatic hydroxyl groups is 1. The molecule has 1 N–H and O–H groups in total. The molecule has 0 amide bonds. The van der Waals surface area contributed by atoms with Crippen molar-refractivity contribution in [2.24, 2.45) is 0 Å². The highest BCUT2D eigenvalue weighted by molar-refractivity contribution is 9.10. The van der Waals surface area contributed by atoms with E-state index in [2.05, 4.69) is 15.9 Å². The average Bonchev–Trinajstić information content (AvgIpc) is 2.28. The molecule has 0 heterocycles. The first-order chi connectivity index (χ1) is 7.19. The van der Waals surface area contributed by atoms with Crippen LogP contribution in [0.5, 0.6) is 17.2 Å². The highest BCUT2D eigenvalue weighted by Gasteiger charge is 2.18. The van der Waals surface area contributed by atoms with Crippen molar-refractivity contribution < 1.29 is 19.3 Å². The zero-order valence-corrected chi connectivity index (χ0v) is 10.4. The van der Waals surface area contributed by atoms with Crippen molar-refractivity contribution in [3.8, 4) is 17.2 Å². The van der Waals surface area contributed by atoms with Gasteiger partial charge in [-0.05, 0) is 27.6 Å². The third-order valence-corrected chi connectivity index (χ3v) is 2.88. The van der Waals surface area contributed by atoms with E-state index in [9.17, 15) is 0 Å². The van der Waals surface area contributed by atoms with Crippen LogP contribution in [0.25, 0.3) is 0 Å². The van der Waals surface area contributed by atoms with Crippen LogP contribution in [0.3, 0.4) is 0 Å². The van der Waals surface area contributed by atoms with Gasteiger partial charge in [0, 0.05) is 0 Å². The van der Waals surface area contributed by atoms with E-state index in [-0.39, 0.29) is 6.61 Å². The van der Waals surface area contributed by atoms with Gasteiger partial charge in [0.2, 0.25) is 5.75 Å². The van der Waals surface area contributed by atoms with Gasteiger partial charge in [0.1, 0.15) is 0 Å². The van der Waals surface area contributed by atoms with Gasteiger partial charge in [-0.1, -0.05) is 0 Å². The highest BCUT2D eigenvalue weighted by Crippen LogP contribution is 2.44. The van der Waals surface area contributed by atoms with Gasteiger partial charge in [-0.25, -0.2) is 0 Å². The molecule has 0 bridgehead atoms. The van der Waals surface area contributed by atoms with E-state index in [1.807, 2.05) is 0 Å². The minimum absolute atomic E-state index is 0.0999. The summed E-state index contributed by atoms with van der Waals surface area (Å²) in [7, 11) is 4.60. The van der Waals surface area contributed by atoms with Gasteiger partial charge in [0.05, 0.1) is 32.4 Å². The van der Waals surface area contributed by atoms with Gasteiger partial charge in [0.15, 0.2) is 11.5 Å². The SMILES string of the molecule is COc1cc(CO)c(Br)c(OC)c1OC. The molecule has 1 aromatic rings. The predicted molar refractivity (Wildman–Crippen MR) is 59.7 cm³/mol. The zero-order chi connectivity index (χ0) is 11.4. The van der Waals surface area contributed by atoms with Crippen LogP contribution < -0.4 is 14.2 Å². The van der Waals surface area contributed by atoms with Gasteiger partial charge in [-0.15, -0.1) is 0 Å². The van der Waals surface area contributed by atoms with Crippen molar-refractivity contribution in [1.82, 2.24) is 0 Å². The number of methoxy groups -OCH3 is 3. The molecule has 0 atom stereocenters. The van der Waals surface area contributed by atoms with Gasteiger partial charge >= 0.3 is 0 Å². The molecular weight excluding hydrogens is 264 g/mol. The van der Waals surface area contributed by atoms with E-state index in [0.29, 0.717) is 27.3 Å². The molecule has 0 aliphatic carbocycles. The van der Waals surface area contributed by atoms with Crippen LogP contribution in [0.4, 0.5) is 0 Å². The van der Waals surface area contributed by atoms with Gasteiger partial charge < -0.3 is 19.3 Å². The smallest absolute Gasteiger partial charge is 0.204 e. The fourth-order valence-electron chi connectivity index (χ4n) is 1.29. The quantitative estimate of drug-likeness (QED) is 0.914. The molecule has 0 saturated carbocycles. The third-order valence-electron chi connectivity index (χ3n) is 2.02. The van der Waals surface area contributed by atoms with E-state index >= 15 is 0 Å². The number of hydrogen-bond donors (Lipinski definition) is 1. The second-order valence-corrected chi connectivity index (χ2v) is 3.57. The zero-order valence-electron chi connectivity index (χ0n) is 8.83. The van der Waals surface area contributed by atoms with Crippen LogP contribution in [-0.2, 0) is 6.61 Å². The van der Waals surface area contributed by atoms with Crippen LogP contribution in [0.1, 0.15) is 5.56 Å². The lowest BCUT2D eigenvalue weighted by molar-refractivity contribution is 0.276. The fraction of sp³-hybridized carbons (Fsp3) is 0.400. The number of benzene rings is 1. The number of ether oxygens (including phenoxy) is 3. The molecule has 1 rings (SSSR count). The van der Waals surface area contributed by atoms with Gasteiger partial charge in [0.25, 0.3) is 0 Å². The summed E-state index contributed by atoms with van der Waals surface area (Å²) >= 11 is 3.34. The van der Waals surface area contributed by atoms with Gasteiger partial charge in [-0.3, -0.25) is 0 Å². The fourth-order valence-corrected chi connectivity index (χ4v) is 1.87. The molecule has 0 aromatic heterocycles. The standard InChI is InChI=1S/C10H13BrO4/c1-13-7-4-6(5-12)8(11)10(15-3)9(7)14-2/h4,12H,5H2,1-3H3.